The van der Waals surface area contributed by atoms with Crippen LogP contribution in [0.25, 0.3) is 0 Å². The van der Waals surface area contributed by atoms with Crippen LogP contribution in [-0.4, -0.2) is 46.1 Å². The van der Waals surface area contributed by atoms with Gasteiger partial charge in [0.2, 0.25) is 5.91 Å². The van der Waals surface area contributed by atoms with Crippen LogP contribution in [0, 0.1) is 11.3 Å². The predicted molar refractivity (Wildman–Crippen MR) is 77.8 cm³/mol. The lowest BCUT2D eigenvalue weighted by Crippen LogP contribution is -2.50. The van der Waals surface area contributed by atoms with Crippen LogP contribution in [0.15, 0.2) is 0 Å². The number of hydrogen-bond acceptors (Lipinski definition) is 4. The fourth-order valence-electron chi connectivity index (χ4n) is 2.47. The minimum atomic E-state index is -0.587. The SMILES string of the molecule is CC(CCO)SCC(=O)N(C)C1(C#N)CCCCC1. The van der Waals surface area contributed by atoms with Crippen LogP contribution in [0.4, 0.5) is 0 Å². The van der Waals surface area contributed by atoms with Crippen LogP contribution in [0.5, 0.6) is 0 Å². The number of carbonyl (C=O) groups is 1. The Morgan fingerprint density at radius 3 is 2.63 bits per heavy atom. The summed E-state index contributed by atoms with van der Waals surface area (Å²) in [6.07, 6.45) is 5.50. The van der Waals surface area contributed by atoms with Crippen molar-refractivity contribution in [1.82, 2.24) is 4.90 Å². The number of amides is 1. The molecule has 1 amide bonds. The van der Waals surface area contributed by atoms with Gasteiger partial charge in [-0.2, -0.15) is 5.26 Å². The van der Waals surface area contributed by atoms with Crippen molar-refractivity contribution >= 4 is 17.7 Å². The lowest BCUT2D eigenvalue weighted by atomic mass is 9.81. The van der Waals surface area contributed by atoms with Crippen LogP contribution in [0.2, 0.25) is 0 Å². The van der Waals surface area contributed by atoms with Crippen molar-refractivity contribution in [2.75, 3.05) is 19.4 Å². The molecule has 1 unspecified atom stereocenters. The number of hydrogen-bond donors (Lipinski definition) is 1. The van der Waals surface area contributed by atoms with E-state index in [1.165, 1.54) is 0 Å². The van der Waals surface area contributed by atoms with Crippen molar-refractivity contribution in [3.05, 3.63) is 0 Å². The van der Waals surface area contributed by atoms with Gasteiger partial charge in [-0.1, -0.05) is 26.2 Å². The summed E-state index contributed by atoms with van der Waals surface area (Å²) >= 11 is 1.55. The number of nitriles is 1. The van der Waals surface area contributed by atoms with E-state index in [4.69, 9.17) is 5.11 Å². The Kier molecular flexibility index (Phi) is 6.67. The van der Waals surface area contributed by atoms with Crippen LogP contribution < -0.4 is 0 Å². The van der Waals surface area contributed by atoms with E-state index in [9.17, 15) is 10.1 Å². The molecular formula is C14H24N2O2S. The number of rotatable bonds is 6. The molecule has 1 rings (SSSR count). The van der Waals surface area contributed by atoms with Crippen molar-refractivity contribution < 1.29 is 9.90 Å². The first-order chi connectivity index (χ1) is 9.05. The minimum Gasteiger partial charge on any atom is -0.396 e. The third kappa shape index (κ3) is 4.39. The van der Waals surface area contributed by atoms with E-state index < -0.39 is 5.54 Å². The van der Waals surface area contributed by atoms with Gasteiger partial charge in [0.25, 0.3) is 0 Å². The van der Waals surface area contributed by atoms with Gasteiger partial charge in [-0.15, -0.1) is 11.8 Å². The van der Waals surface area contributed by atoms with Gasteiger partial charge in [-0.25, -0.2) is 0 Å². The van der Waals surface area contributed by atoms with Gasteiger partial charge in [0.15, 0.2) is 0 Å². The molecule has 19 heavy (non-hydrogen) atoms. The van der Waals surface area contributed by atoms with E-state index in [-0.39, 0.29) is 17.8 Å². The van der Waals surface area contributed by atoms with Crippen molar-refractivity contribution in [2.45, 2.75) is 56.2 Å². The maximum absolute atomic E-state index is 12.2. The molecule has 0 radical (unpaired) electrons. The quantitative estimate of drug-likeness (QED) is 0.812. The molecule has 1 saturated carbocycles. The highest BCUT2D eigenvalue weighted by Crippen LogP contribution is 2.32. The molecule has 4 nitrogen and oxygen atoms in total. The lowest BCUT2D eigenvalue weighted by Gasteiger charge is -2.39. The topological polar surface area (TPSA) is 64.3 Å². The molecule has 0 bridgehead atoms. The Balaban J connectivity index is 2.53. The molecule has 1 aliphatic rings. The summed E-state index contributed by atoms with van der Waals surface area (Å²) < 4.78 is 0. The smallest absolute Gasteiger partial charge is 0.233 e. The average molecular weight is 284 g/mol. The molecular weight excluding hydrogens is 260 g/mol. The second-order valence-electron chi connectivity index (χ2n) is 5.29. The normalized spacial score (nSPS) is 19.5. The predicted octanol–water partition coefficient (Wildman–Crippen LogP) is 2.18. The molecule has 0 spiro atoms. The molecule has 1 N–H and O–H groups in total. The van der Waals surface area contributed by atoms with Crippen molar-refractivity contribution in [3.63, 3.8) is 0 Å². The molecule has 5 heteroatoms. The van der Waals surface area contributed by atoms with Gasteiger partial charge in [0.1, 0.15) is 5.54 Å². The van der Waals surface area contributed by atoms with Crippen molar-refractivity contribution in [2.24, 2.45) is 0 Å². The zero-order valence-corrected chi connectivity index (χ0v) is 12.7. The van der Waals surface area contributed by atoms with Crippen LogP contribution in [0.3, 0.4) is 0 Å². The van der Waals surface area contributed by atoms with Crippen molar-refractivity contribution in [1.29, 1.82) is 5.26 Å². The highest BCUT2D eigenvalue weighted by atomic mass is 32.2. The molecule has 1 atom stereocenters. The third-order valence-electron chi connectivity index (χ3n) is 3.93. The Morgan fingerprint density at radius 1 is 1.47 bits per heavy atom. The van der Waals surface area contributed by atoms with Crippen LogP contribution >= 0.6 is 11.8 Å². The highest BCUT2D eigenvalue weighted by Gasteiger charge is 2.38. The molecule has 0 aliphatic heterocycles. The van der Waals surface area contributed by atoms with Crippen LogP contribution in [-0.2, 0) is 4.79 Å². The van der Waals surface area contributed by atoms with E-state index in [1.54, 1.807) is 23.7 Å². The molecule has 0 heterocycles. The third-order valence-corrected chi connectivity index (χ3v) is 5.15. The molecule has 0 saturated heterocycles. The second-order valence-corrected chi connectivity index (χ2v) is 6.72. The maximum atomic E-state index is 12.2. The van der Waals surface area contributed by atoms with E-state index in [2.05, 4.69) is 6.07 Å². The molecule has 1 fully saturated rings. The Hall–Kier alpha value is -0.730. The minimum absolute atomic E-state index is 0.0261. The molecule has 108 valence electrons. The molecule has 0 aromatic carbocycles. The van der Waals surface area contributed by atoms with Gasteiger partial charge in [0.05, 0.1) is 11.8 Å². The van der Waals surface area contributed by atoms with Gasteiger partial charge in [0, 0.05) is 18.9 Å². The number of carbonyl (C=O) groups excluding carboxylic acids is 1. The molecule has 0 aromatic rings. The Labute approximate surface area is 120 Å². The van der Waals surface area contributed by atoms with Gasteiger partial charge < -0.3 is 10.0 Å². The summed E-state index contributed by atoms with van der Waals surface area (Å²) in [5.74, 6) is 0.416. The average Bonchev–Trinajstić information content (AvgIpc) is 2.45. The van der Waals surface area contributed by atoms with Crippen molar-refractivity contribution in [3.8, 4) is 6.07 Å². The molecule has 1 aliphatic carbocycles. The summed E-state index contributed by atoms with van der Waals surface area (Å²) in [5.41, 5.74) is -0.587. The first-order valence-electron chi connectivity index (χ1n) is 6.96. The fraction of sp³-hybridized carbons (Fsp3) is 0.857. The zero-order chi connectivity index (χ0) is 14.3. The standard InChI is InChI=1S/C14H24N2O2S/c1-12(6-9-17)19-10-13(18)16(2)14(11-15)7-4-3-5-8-14/h12,17H,3-10H2,1-2H3. The first-order valence-corrected chi connectivity index (χ1v) is 8.01. The Bertz CT molecular complexity index is 335. The number of nitrogens with zero attached hydrogens (tertiary/aromatic N) is 2. The molecule has 0 aromatic heterocycles. The Morgan fingerprint density at radius 2 is 2.11 bits per heavy atom. The summed E-state index contributed by atoms with van der Waals surface area (Å²) in [7, 11) is 1.76. The van der Waals surface area contributed by atoms with Gasteiger partial charge in [-0.3, -0.25) is 4.79 Å². The summed E-state index contributed by atoms with van der Waals surface area (Å²) in [5, 5.41) is 18.6. The number of aliphatic hydroxyl groups is 1. The fourth-order valence-corrected chi connectivity index (χ4v) is 3.37. The van der Waals surface area contributed by atoms with E-state index in [0.717, 1.165) is 32.1 Å². The zero-order valence-electron chi connectivity index (χ0n) is 11.9. The monoisotopic (exact) mass is 284 g/mol. The van der Waals surface area contributed by atoms with E-state index >= 15 is 0 Å². The summed E-state index contributed by atoms with van der Waals surface area (Å²) in [4.78, 5) is 13.9. The summed E-state index contributed by atoms with van der Waals surface area (Å²) in [6.45, 7) is 2.16. The number of thioether (sulfide) groups is 1. The van der Waals surface area contributed by atoms with Gasteiger partial charge in [-0.05, 0) is 19.3 Å². The first kappa shape index (κ1) is 16.3. The second kappa shape index (κ2) is 7.76. The lowest BCUT2D eigenvalue weighted by molar-refractivity contribution is -0.131. The highest BCUT2D eigenvalue weighted by molar-refractivity contribution is 8.00. The maximum Gasteiger partial charge on any atom is 0.233 e. The van der Waals surface area contributed by atoms with E-state index in [1.807, 2.05) is 6.92 Å². The van der Waals surface area contributed by atoms with Crippen LogP contribution in [0.1, 0.15) is 45.4 Å². The summed E-state index contributed by atoms with van der Waals surface area (Å²) in [6, 6.07) is 2.37. The largest absolute Gasteiger partial charge is 0.396 e. The van der Waals surface area contributed by atoms with Gasteiger partial charge >= 0.3 is 0 Å². The number of aliphatic hydroxyl groups excluding tert-OH is 1. The van der Waals surface area contributed by atoms with E-state index in [0.29, 0.717) is 12.2 Å².